The minimum absolute atomic E-state index is 0.746. The van der Waals surface area contributed by atoms with Crippen LogP contribution in [0.4, 0.5) is 5.69 Å². The molecule has 0 aliphatic carbocycles. The Labute approximate surface area is 140 Å². The first-order chi connectivity index (χ1) is 8.47. The highest BCUT2D eigenvalue weighted by Gasteiger charge is 2.08. The molecule has 1 aromatic heterocycles. The van der Waals surface area contributed by atoms with Crippen LogP contribution in [0.3, 0.4) is 0 Å². The summed E-state index contributed by atoms with van der Waals surface area (Å²) >= 11 is 18.1. The number of hydrogen-bond donors (Lipinski definition) is 1. The first-order valence-electron chi connectivity index (χ1n) is 5.10. The molecular formula is C12H9Br3ClNS. The van der Waals surface area contributed by atoms with Gasteiger partial charge in [-0.2, -0.15) is 0 Å². The van der Waals surface area contributed by atoms with Crippen LogP contribution in [-0.4, -0.2) is 0 Å². The van der Waals surface area contributed by atoms with Crippen LogP contribution < -0.4 is 5.32 Å². The number of benzene rings is 1. The predicted molar refractivity (Wildman–Crippen MR) is 90.9 cm³/mol. The number of nitrogens with one attached hydrogen (secondary N) is 1. The molecule has 0 unspecified atom stereocenters. The van der Waals surface area contributed by atoms with Crippen LogP contribution in [-0.2, 0) is 6.54 Å². The minimum Gasteiger partial charge on any atom is -0.378 e. The average molecular weight is 474 g/mol. The summed E-state index contributed by atoms with van der Waals surface area (Å²) in [6.07, 6.45) is 0. The smallest absolute Gasteiger partial charge is 0.107 e. The van der Waals surface area contributed by atoms with E-state index in [1.165, 1.54) is 10.4 Å². The fraction of sp³-hybridized carbons (Fsp3) is 0.167. The van der Waals surface area contributed by atoms with Gasteiger partial charge >= 0.3 is 0 Å². The fourth-order valence-corrected chi connectivity index (χ4v) is 4.95. The number of halogens is 4. The SMILES string of the molecule is Cc1cc(Br)c(NCc2cc(Br)c(Cl)s2)c(Br)c1. The van der Waals surface area contributed by atoms with E-state index in [4.69, 9.17) is 11.6 Å². The fourth-order valence-electron chi connectivity index (χ4n) is 1.52. The van der Waals surface area contributed by atoms with Crippen LogP contribution in [0.2, 0.25) is 4.34 Å². The van der Waals surface area contributed by atoms with E-state index in [1.807, 2.05) is 6.07 Å². The standard InChI is InChI=1S/C12H9Br3ClNS/c1-6-2-8(13)11(9(14)3-6)17-5-7-4-10(15)12(16)18-7/h2-4,17H,5H2,1H3. The topological polar surface area (TPSA) is 12.0 Å². The zero-order valence-electron chi connectivity index (χ0n) is 9.36. The van der Waals surface area contributed by atoms with Gasteiger partial charge in [-0.15, -0.1) is 11.3 Å². The largest absolute Gasteiger partial charge is 0.378 e. The molecular weight excluding hydrogens is 465 g/mol. The van der Waals surface area contributed by atoms with Crippen molar-refractivity contribution in [2.24, 2.45) is 0 Å². The zero-order chi connectivity index (χ0) is 13.3. The summed E-state index contributed by atoms with van der Waals surface area (Å²) in [4.78, 5) is 1.19. The van der Waals surface area contributed by atoms with Gasteiger partial charge in [-0.05, 0) is 78.5 Å². The molecule has 0 atom stereocenters. The molecule has 2 aromatic rings. The highest BCUT2D eigenvalue weighted by atomic mass is 79.9. The third-order valence-corrected chi connectivity index (χ3v) is 6.05. The molecule has 0 spiro atoms. The lowest BCUT2D eigenvalue weighted by Gasteiger charge is -2.10. The molecule has 0 saturated heterocycles. The molecule has 1 nitrogen and oxygen atoms in total. The second-order valence-electron chi connectivity index (χ2n) is 3.79. The second-order valence-corrected chi connectivity index (χ2v) is 8.09. The lowest BCUT2D eigenvalue weighted by atomic mass is 10.2. The van der Waals surface area contributed by atoms with Gasteiger partial charge in [0.2, 0.25) is 0 Å². The van der Waals surface area contributed by atoms with E-state index >= 15 is 0 Å². The van der Waals surface area contributed by atoms with E-state index in [-0.39, 0.29) is 0 Å². The third-order valence-electron chi connectivity index (χ3n) is 2.32. The van der Waals surface area contributed by atoms with Crippen LogP contribution in [0.1, 0.15) is 10.4 Å². The summed E-state index contributed by atoms with van der Waals surface area (Å²) in [5.74, 6) is 0. The number of rotatable bonds is 3. The van der Waals surface area contributed by atoms with Crippen molar-refractivity contribution in [3.05, 3.63) is 46.4 Å². The summed E-state index contributed by atoms with van der Waals surface area (Å²) in [6, 6.07) is 6.21. The highest BCUT2D eigenvalue weighted by molar-refractivity contribution is 9.11. The molecule has 96 valence electrons. The molecule has 0 amide bonds. The number of aryl methyl sites for hydroxylation is 1. The maximum Gasteiger partial charge on any atom is 0.107 e. The minimum atomic E-state index is 0.746. The summed E-state index contributed by atoms with van der Waals surface area (Å²) in [5.41, 5.74) is 2.27. The van der Waals surface area contributed by atoms with Crippen molar-refractivity contribution in [2.75, 3.05) is 5.32 Å². The Morgan fingerprint density at radius 1 is 1.11 bits per heavy atom. The Kier molecular flexibility index (Phi) is 5.17. The summed E-state index contributed by atoms with van der Waals surface area (Å²) in [6.45, 7) is 2.81. The molecule has 0 saturated carbocycles. The van der Waals surface area contributed by atoms with E-state index in [0.29, 0.717) is 0 Å². The van der Waals surface area contributed by atoms with E-state index in [1.54, 1.807) is 11.3 Å². The second kappa shape index (κ2) is 6.27. The average Bonchev–Trinajstić information content (AvgIpc) is 2.56. The van der Waals surface area contributed by atoms with Gasteiger partial charge in [-0.3, -0.25) is 0 Å². The van der Waals surface area contributed by atoms with Crippen molar-refractivity contribution in [1.82, 2.24) is 0 Å². The Hall–Kier alpha value is 0.450. The van der Waals surface area contributed by atoms with E-state index in [0.717, 1.165) is 30.0 Å². The highest BCUT2D eigenvalue weighted by Crippen LogP contribution is 2.35. The van der Waals surface area contributed by atoms with Gasteiger partial charge < -0.3 is 5.32 Å². The summed E-state index contributed by atoms with van der Waals surface area (Å²) < 4.78 is 3.84. The predicted octanol–water partition coefficient (Wildman–Crippen LogP) is 6.61. The summed E-state index contributed by atoms with van der Waals surface area (Å²) in [5, 5.41) is 3.40. The van der Waals surface area contributed by atoms with Gasteiger partial charge in [0.25, 0.3) is 0 Å². The van der Waals surface area contributed by atoms with Crippen LogP contribution in [0, 0.1) is 6.92 Å². The number of thiophene rings is 1. The van der Waals surface area contributed by atoms with Crippen LogP contribution in [0.5, 0.6) is 0 Å². The molecule has 0 radical (unpaired) electrons. The molecule has 0 fully saturated rings. The molecule has 0 aliphatic heterocycles. The molecule has 1 heterocycles. The van der Waals surface area contributed by atoms with Crippen molar-refractivity contribution in [1.29, 1.82) is 0 Å². The molecule has 0 aliphatic rings. The molecule has 6 heteroatoms. The molecule has 1 aromatic carbocycles. The van der Waals surface area contributed by atoms with Crippen LogP contribution >= 0.6 is 70.7 Å². The van der Waals surface area contributed by atoms with Crippen molar-refractivity contribution in [3.8, 4) is 0 Å². The Bertz CT molecular complexity index is 540. The van der Waals surface area contributed by atoms with Crippen molar-refractivity contribution in [3.63, 3.8) is 0 Å². The molecule has 2 rings (SSSR count). The van der Waals surface area contributed by atoms with Gasteiger partial charge in [-0.1, -0.05) is 11.6 Å². The zero-order valence-corrected chi connectivity index (χ0v) is 15.7. The monoisotopic (exact) mass is 471 g/mol. The van der Waals surface area contributed by atoms with Crippen molar-refractivity contribution in [2.45, 2.75) is 13.5 Å². The Morgan fingerprint density at radius 3 is 2.22 bits per heavy atom. The maximum absolute atomic E-state index is 6.02. The maximum atomic E-state index is 6.02. The lowest BCUT2D eigenvalue weighted by molar-refractivity contribution is 1.18. The van der Waals surface area contributed by atoms with E-state index in [2.05, 4.69) is 72.2 Å². The quantitative estimate of drug-likeness (QED) is 0.528. The normalized spacial score (nSPS) is 10.7. The molecule has 18 heavy (non-hydrogen) atoms. The molecule has 1 N–H and O–H groups in total. The first-order valence-corrected chi connectivity index (χ1v) is 8.68. The summed E-state index contributed by atoms with van der Waals surface area (Å²) in [7, 11) is 0. The van der Waals surface area contributed by atoms with Gasteiger partial charge in [0, 0.05) is 24.8 Å². The first kappa shape index (κ1) is 14.9. The van der Waals surface area contributed by atoms with Crippen molar-refractivity contribution < 1.29 is 0 Å². The van der Waals surface area contributed by atoms with Crippen LogP contribution in [0.25, 0.3) is 0 Å². The van der Waals surface area contributed by atoms with E-state index < -0.39 is 0 Å². The van der Waals surface area contributed by atoms with Crippen LogP contribution in [0.15, 0.2) is 31.6 Å². The van der Waals surface area contributed by atoms with Gasteiger partial charge in [0.15, 0.2) is 0 Å². The Balaban J connectivity index is 2.15. The molecule has 0 bridgehead atoms. The van der Waals surface area contributed by atoms with Gasteiger partial charge in [0.05, 0.1) is 5.69 Å². The van der Waals surface area contributed by atoms with Gasteiger partial charge in [0.1, 0.15) is 4.34 Å². The van der Waals surface area contributed by atoms with Gasteiger partial charge in [-0.25, -0.2) is 0 Å². The van der Waals surface area contributed by atoms with Crippen molar-refractivity contribution >= 4 is 76.4 Å². The van der Waals surface area contributed by atoms with E-state index in [9.17, 15) is 0 Å². The number of hydrogen-bond acceptors (Lipinski definition) is 2. The lowest BCUT2D eigenvalue weighted by Crippen LogP contribution is -1.99. The third kappa shape index (κ3) is 3.51. The number of anilines is 1. The Morgan fingerprint density at radius 2 is 1.72 bits per heavy atom.